The Balaban J connectivity index is 2.78. The van der Waals surface area contributed by atoms with Crippen LogP contribution < -0.4 is 0 Å². The summed E-state index contributed by atoms with van der Waals surface area (Å²) in [5.41, 5.74) is 2.06. The van der Waals surface area contributed by atoms with E-state index in [0.29, 0.717) is 5.88 Å². The van der Waals surface area contributed by atoms with E-state index in [1.165, 1.54) is 0 Å². The zero-order valence-corrected chi connectivity index (χ0v) is 8.46. The van der Waals surface area contributed by atoms with Gasteiger partial charge in [-0.3, -0.25) is 0 Å². The highest BCUT2D eigenvalue weighted by Gasteiger charge is 2.03. The van der Waals surface area contributed by atoms with Crippen LogP contribution in [0.4, 0.5) is 0 Å². The second kappa shape index (κ2) is 3.99. The van der Waals surface area contributed by atoms with E-state index >= 15 is 0 Å². The fraction of sp³-hybridized carbons (Fsp3) is 0.167. The molecule has 0 aromatic heterocycles. The van der Waals surface area contributed by atoms with Crippen LogP contribution >= 0.6 is 11.6 Å². The van der Waals surface area contributed by atoms with Gasteiger partial charge in [-0.2, -0.15) is 0 Å². The van der Waals surface area contributed by atoms with Gasteiger partial charge in [-0.05, 0) is 21.9 Å². The maximum atomic E-state index is 9.17. The van der Waals surface area contributed by atoms with Gasteiger partial charge in [0.1, 0.15) is 0 Å². The van der Waals surface area contributed by atoms with Gasteiger partial charge >= 0.3 is 0 Å². The van der Waals surface area contributed by atoms with E-state index in [2.05, 4.69) is 0 Å². The molecule has 2 rings (SSSR count). The summed E-state index contributed by atoms with van der Waals surface area (Å²) in [4.78, 5) is 0. The van der Waals surface area contributed by atoms with Crippen molar-refractivity contribution in [1.29, 1.82) is 0 Å². The van der Waals surface area contributed by atoms with Crippen LogP contribution in [0.5, 0.6) is 0 Å². The van der Waals surface area contributed by atoms with Crippen molar-refractivity contribution in [3.8, 4) is 0 Å². The molecule has 2 aromatic carbocycles. The molecule has 0 radical (unpaired) electrons. The van der Waals surface area contributed by atoms with Crippen LogP contribution in [0.15, 0.2) is 36.4 Å². The van der Waals surface area contributed by atoms with Gasteiger partial charge in [-0.15, -0.1) is 11.6 Å². The normalized spacial score (nSPS) is 10.7. The van der Waals surface area contributed by atoms with Crippen molar-refractivity contribution in [3.05, 3.63) is 47.5 Å². The molecule has 0 amide bonds. The van der Waals surface area contributed by atoms with Crippen molar-refractivity contribution < 1.29 is 5.11 Å². The molecule has 72 valence electrons. The van der Waals surface area contributed by atoms with Crippen molar-refractivity contribution in [2.24, 2.45) is 0 Å². The number of fused-ring (bicyclic) bond motifs is 1. The number of hydrogen-bond acceptors (Lipinski definition) is 1. The van der Waals surface area contributed by atoms with Crippen LogP contribution in [-0.2, 0) is 12.5 Å². The van der Waals surface area contributed by atoms with E-state index in [0.717, 1.165) is 21.9 Å². The van der Waals surface area contributed by atoms with Gasteiger partial charge in [0.05, 0.1) is 6.61 Å². The fourth-order valence-corrected chi connectivity index (χ4v) is 1.91. The average molecular weight is 207 g/mol. The summed E-state index contributed by atoms with van der Waals surface area (Å²) in [5, 5.41) is 11.4. The van der Waals surface area contributed by atoms with Crippen LogP contribution in [-0.4, -0.2) is 5.11 Å². The number of rotatable bonds is 2. The van der Waals surface area contributed by atoms with E-state index in [4.69, 9.17) is 16.7 Å². The third-order valence-corrected chi connectivity index (χ3v) is 2.71. The quantitative estimate of drug-likeness (QED) is 0.749. The molecular formula is C12H11ClO. The van der Waals surface area contributed by atoms with Crippen molar-refractivity contribution >= 4 is 22.4 Å². The number of aliphatic hydroxyl groups is 1. The lowest BCUT2D eigenvalue weighted by molar-refractivity contribution is 0.283. The van der Waals surface area contributed by atoms with Gasteiger partial charge in [-0.25, -0.2) is 0 Å². The lowest BCUT2D eigenvalue weighted by atomic mass is 10.0. The van der Waals surface area contributed by atoms with Gasteiger partial charge in [-0.1, -0.05) is 36.4 Å². The van der Waals surface area contributed by atoms with Gasteiger partial charge in [0.2, 0.25) is 0 Å². The molecule has 0 saturated carbocycles. The van der Waals surface area contributed by atoms with E-state index in [1.54, 1.807) is 0 Å². The largest absolute Gasteiger partial charge is 0.392 e. The molecule has 0 aliphatic carbocycles. The molecule has 14 heavy (non-hydrogen) atoms. The average Bonchev–Trinajstić information content (AvgIpc) is 2.27. The molecule has 0 heterocycles. The molecule has 2 heteroatoms. The molecule has 0 aliphatic rings. The first-order valence-electron chi connectivity index (χ1n) is 4.53. The first-order valence-corrected chi connectivity index (χ1v) is 5.06. The zero-order valence-electron chi connectivity index (χ0n) is 7.70. The highest BCUT2D eigenvalue weighted by Crippen LogP contribution is 2.23. The molecule has 1 nitrogen and oxygen atoms in total. The minimum Gasteiger partial charge on any atom is -0.392 e. The maximum Gasteiger partial charge on any atom is 0.0687 e. The molecule has 0 aliphatic heterocycles. The first-order chi connectivity index (χ1) is 6.86. The van der Waals surface area contributed by atoms with Crippen molar-refractivity contribution in [3.63, 3.8) is 0 Å². The predicted octanol–water partition coefficient (Wildman–Crippen LogP) is 3.07. The molecule has 0 saturated heterocycles. The summed E-state index contributed by atoms with van der Waals surface area (Å²) in [6, 6.07) is 11.9. The second-order valence-electron chi connectivity index (χ2n) is 3.22. The Morgan fingerprint density at radius 2 is 1.50 bits per heavy atom. The minimum absolute atomic E-state index is 0.0725. The summed E-state index contributed by atoms with van der Waals surface area (Å²) < 4.78 is 0. The van der Waals surface area contributed by atoms with Gasteiger partial charge in [0, 0.05) is 5.88 Å². The molecule has 2 aromatic rings. The highest BCUT2D eigenvalue weighted by atomic mass is 35.5. The predicted molar refractivity (Wildman–Crippen MR) is 59.4 cm³/mol. The number of halogens is 1. The van der Waals surface area contributed by atoms with Crippen LogP contribution in [0.3, 0.4) is 0 Å². The Kier molecular flexibility index (Phi) is 2.71. The summed E-state index contributed by atoms with van der Waals surface area (Å²) in [7, 11) is 0. The topological polar surface area (TPSA) is 20.2 Å². The number of hydrogen-bond donors (Lipinski definition) is 1. The molecule has 0 atom stereocenters. The van der Waals surface area contributed by atoms with Crippen LogP contribution in [0.25, 0.3) is 10.8 Å². The Morgan fingerprint density at radius 3 is 2.07 bits per heavy atom. The molecule has 0 bridgehead atoms. The number of aliphatic hydroxyl groups excluding tert-OH is 1. The smallest absolute Gasteiger partial charge is 0.0687 e. The van der Waals surface area contributed by atoms with Crippen molar-refractivity contribution in [1.82, 2.24) is 0 Å². The van der Waals surface area contributed by atoms with E-state index in [-0.39, 0.29) is 6.61 Å². The molecule has 1 N–H and O–H groups in total. The molecular weight excluding hydrogens is 196 g/mol. The van der Waals surface area contributed by atoms with Gasteiger partial charge in [0.25, 0.3) is 0 Å². The summed E-state index contributed by atoms with van der Waals surface area (Å²) in [5.74, 6) is 0.506. The summed E-state index contributed by atoms with van der Waals surface area (Å²) in [6.45, 7) is 0.0725. The Labute approximate surface area is 87.9 Å². The number of benzene rings is 2. The standard InChI is InChI=1S/C12H11ClO/c13-7-9-5-6-10(8-14)12-4-2-1-3-11(9)12/h1-6,14H,7-8H2. The van der Waals surface area contributed by atoms with Crippen LogP contribution in [0, 0.1) is 0 Å². The zero-order chi connectivity index (χ0) is 9.97. The third kappa shape index (κ3) is 1.49. The Morgan fingerprint density at radius 1 is 0.929 bits per heavy atom. The SMILES string of the molecule is OCc1ccc(CCl)c2ccccc12. The van der Waals surface area contributed by atoms with Crippen LogP contribution in [0.1, 0.15) is 11.1 Å². The lowest BCUT2D eigenvalue weighted by Crippen LogP contribution is -1.89. The van der Waals surface area contributed by atoms with Crippen molar-refractivity contribution in [2.75, 3.05) is 0 Å². The van der Waals surface area contributed by atoms with Crippen LogP contribution in [0.2, 0.25) is 0 Å². The molecule has 0 spiro atoms. The Hall–Kier alpha value is -1.05. The third-order valence-electron chi connectivity index (χ3n) is 2.42. The highest BCUT2D eigenvalue weighted by molar-refractivity contribution is 6.18. The van der Waals surface area contributed by atoms with Crippen molar-refractivity contribution in [2.45, 2.75) is 12.5 Å². The fourth-order valence-electron chi connectivity index (χ4n) is 1.68. The summed E-state index contributed by atoms with van der Waals surface area (Å²) >= 11 is 5.84. The minimum atomic E-state index is 0.0725. The number of alkyl halides is 1. The molecule has 0 unspecified atom stereocenters. The van der Waals surface area contributed by atoms with E-state index in [1.807, 2.05) is 36.4 Å². The lowest BCUT2D eigenvalue weighted by Gasteiger charge is -2.07. The first kappa shape index (κ1) is 9.50. The maximum absolute atomic E-state index is 9.17. The van der Waals surface area contributed by atoms with Gasteiger partial charge in [0.15, 0.2) is 0 Å². The Bertz CT molecular complexity index is 409. The summed E-state index contributed by atoms with van der Waals surface area (Å²) in [6.07, 6.45) is 0. The second-order valence-corrected chi connectivity index (χ2v) is 3.49. The van der Waals surface area contributed by atoms with E-state index < -0.39 is 0 Å². The van der Waals surface area contributed by atoms with Gasteiger partial charge < -0.3 is 5.11 Å². The van der Waals surface area contributed by atoms with E-state index in [9.17, 15) is 0 Å². The monoisotopic (exact) mass is 206 g/mol. The molecule has 0 fully saturated rings.